The first-order valence-corrected chi connectivity index (χ1v) is 26.9. The molecule has 11 aromatic rings. The molecule has 0 bridgehead atoms. The Morgan fingerprint density at radius 2 is 0.551 bits per heavy atom. The Morgan fingerprint density at radius 1 is 0.244 bits per heavy atom. The summed E-state index contributed by atoms with van der Waals surface area (Å²) in [5.74, 6) is -0.170. The molecule has 0 aliphatic heterocycles. The van der Waals surface area contributed by atoms with E-state index in [0.717, 1.165) is 68.3 Å². The highest BCUT2D eigenvalue weighted by molar-refractivity contribution is 5.85. The smallest absolute Gasteiger partial charge is 0.0465 e. The van der Waals surface area contributed by atoms with Crippen LogP contribution >= 0.6 is 0 Å². The van der Waals surface area contributed by atoms with Gasteiger partial charge in [-0.1, -0.05) is 176 Å². The molecular weight excluding hydrogens is 945 g/mol. The number of hydrogen-bond donors (Lipinski definition) is 0. The predicted octanol–water partition coefficient (Wildman–Crippen LogP) is 20.5. The molecule has 4 nitrogen and oxygen atoms in total. The lowest BCUT2D eigenvalue weighted by Gasteiger charge is -2.35. The van der Waals surface area contributed by atoms with Crippen molar-refractivity contribution in [1.82, 2.24) is 0 Å². The molecule has 1 aliphatic carbocycles. The summed E-state index contributed by atoms with van der Waals surface area (Å²) in [5, 5.41) is 0. The molecule has 0 spiro atoms. The van der Waals surface area contributed by atoms with E-state index in [-0.39, 0.29) is 11.8 Å². The average molecular weight is 1010 g/mol. The lowest BCUT2D eigenvalue weighted by Crippen LogP contribution is -2.21. The maximum absolute atomic E-state index is 2.53. The highest BCUT2D eigenvalue weighted by atomic mass is 15.2. The third kappa shape index (κ3) is 10.2. The van der Waals surface area contributed by atoms with E-state index in [9.17, 15) is 0 Å². The number of benzene rings is 11. The monoisotopic (exact) mass is 1000 g/mol. The zero-order valence-corrected chi connectivity index (χ0v) is 44.0. The summed E-state index contributed by atoms with van der Waals surface area (Å²) in [6, 6.07) is 107. The van der Waals surface area contributed by atoms with Gasteiger partial charge >= 0.3 is 0 Å². The zero-order valence-electron chi connectivity index (χ0n) is 44.0. The van der Waals surface area contributed by atoms with E-state index in [1.807, 2.05) is 0 Å². The Kier molecular flexibility index (Phi) is 14.1. The molecule has 376 valence electrons. The van der Waals surface area contributed by atoms with Gasteiger partial charge in [0.15, 0.2) is 0 Å². The second-order valence-electron chi connectivity index (χ2n) is 19.8. The van der Waals surface area contributed by atoms with Crippen molar-refractivity contribution in [3.05, 3.63) is 343 Å². The normalized spacial score (nSPS) is 13.8. The van der Waals surface area contributed by atoms with Gasteiger partial charge in [-0.25, -0.2) is 0 Å². The second-order valence-corrected chi connectivity index (χ2v) is 19.8. The molecule has 0 fully saturated rings. The van der Waals surface area contributed by atoms with E-state index in [2.05, 4.69) is 349 Å². The molecule has 0 saturated heterocycles. The summed E-state index contributed by atoms with van der Waals surface area (Å²) in [7, 11) is 0. The van der Waals surface area contributed by atoms with Crippen molar-refractivity contribution < 1.29 is 0 Å². The number of allylic oxidation sites excluding steroid dienone is 3. The first-order chi connectivity index (χ1) is 38.6. The van der Waals surface area contributed by atoms with Crippen molar-refractivity contribution >= 4 is 62.6 Å². The van der Waals surface area contributed by atoms with Gasteiger partial charge in [0.2, 0.25) is 0 Å². The number of nitrogens with zero attached hydrogens (tertiary/aromatic N) is 4. The highest BCUT2D eigenvalue weighted by Gasteiger charge is 2.32. The summed E-state index contributed by atoms with van der Waals surface area (Å²) < 4.78 is 0. The van der Waals surface area contributed by atoms with Gasteiger partial charge in [-0.05, 0) is 187 Å². The Balaban J connectivity index is 1.08. The van der Waals surface area contributed by atoms with E-state index in [1.54, 1.807) is 0 Å². The summed E-state index contributed by atoms with van der Waals surface area (Å²) in [6.45, 7) is 4.56. The van der Waals surface area contributed by atoms with E-state index < -0.39 is 0 Å². The molecule has 0 heterocycles. The van der Waals surface area contributed by atoms with E-state index >= 15 is 0 Å². The number of para-hydroxylation sites is 8. The minimum Gasteiger partial charge on any atom is -0.311 e. The number of rotatable bonds is 15. The molecule has 12 rings (SSSR count). The molecule has 0 aromatic heterocycles. The molecule has 2 atom stereocenters. The quantitative estimate of drug-likeness (QED) is 0.101. The Hall–Kier alpha value is -9.90. The minimum atomic E-state index is -0.128. The van der Waals surface area contributed by atoms with Crippen molar-refractivity contribution in [2.24, 2.45) is 0 Å². The van der Waals surface area contributed by atoms with Crippen LogP contribution < -0.4 is 19.6 Å². The predicted molar refractivity (Wildman–Crippen MR) is 330 cm³/mol. The molecule has 0 radical (unpaired) electrons. The van der Waals surface area contributed by atoms with Gasteiger partial charge < -0.3 is 19.6 Å². The molecule has 1 aliphatic rings. The van der Waals surface area contributed by atoms with Crippen LogP contribution in [0, 0.1) is 13.8 Å². The molecule has 78 heavy (non-hydrogen) atoms. The molecular formula is C74H60N4. The molecule has 0 N–H and O–H groups in total. The topological polar surface area (TPSA) is 13.0 Å². The molecule has 2 unspecified atom stereocenters. The summed E-state index contributed by atoms with van der Waals surface area (Å²) in [4.78, 5) is 9.49. The van der Waals surface area contributed by atoms with Crippen LogP contribution in [-0.4, -0.2) is 0 Å². The Morgan fingerprint density at radius 3 is 0.897 bits per heavy atom. The van der Waals surface area contributed by atoms with Crippen molar-refractivity contribution in [2.75, 3.05) is 19.6 Å². The van der Waals surface area contributed by atoms with E-state index in [0.29, 0.717) is 0 Å². The standard InChI is InChI=1S/C74H60N4/c1-55-51-65(75(57-27-11-3-12-28-57)58-29-13-4-14-30-58)43-47-69(55)71-49-45-67(77(61-35-19-7-20-36-61)62-37-21-8-22-38-62)53-73(71)74-54-68(78(63-39-23-9-24-40-63)64-41-25-10-26-42-64)46-50-72(74)70-48-44-66(52-56(70)2)76(59-31-15-5-16-32-59)60-33-17-6-18-34-60/h3-54,71,73H,1-2H3. The van der Waals surface area contributed by atoms with Crippen molar-refractivity contribution in [3.8, 4) is 11.1 Å². The molecule has 0 saturated carbocycles. The van der Waals surface area contributed by atoms with Gasteiger partial charge in [-0.15, -0.1) is 0 Å². The maximum Gasteiger partial charge on any atom is 0.0465 e. The van der Waals surface area contributed by atoms with Crippen LogP contribution in [-0.2, 0) is 0 Å². The summed E-state index contributed by atoms with van der Waals surface area (Å²) in [6.07, 6.45) is 7.34. The van der Waals surface area contributed by atoms with Gasteiger partial charge in [-0.2, -0.15) is 0 Å². The van der Waals surface area contributed by atoms with Gasteiger partial charge in [-0.3, -0.25) is 0 Å². The fraction of sp³-hybridized carbons (Fsp3) is 0.0541. The number of anilines is 11. The van der Waals surface area contributed by atoms with Crippen molar-refractivity contribution in [2.45, 2.75) is 25.7 Å². The molecule has 0 amide bonds. The van der Waals surface area contributed by atoms with E-state index in [4.69, 9.17) is 0 Å². The Labute approximate surface area is 460 Å². The lowest BCUT2D eigenvalue weighted by atomic mass is 9.74. The highest BCUT2D eigenvalue weighted by Crippen LogP contribution is 2.50. The van der Waals surface area contributed by atoms with Crippen molar-refractivity contribution in [3.63, 3.8) is 0 Å². The summed E-state index contributed by atoms with van der Waals surface area (Å²) in [5.41, 5.74) is 20.5. The minimum absolute atomic E-state index is 0.0415. The van der Waals surface area contributed by atoms with Crippen LogP contribution in [0.5, 0.6) is 0 Å². The van der Waals surface area contributed by atoms with Gasteiger partial charge in [0, 0.05) is 80.1 Å². The van der Waals surface area contributed by atoms with Crippen LogP contribution in [0.1, 0.15) is 34.1 Å². The molecule has 4 heteroatoms. The maximum atomic E-state index is 2.53. The molecule has 11 aromatic carbocycles. The Bertz CT molecular complexity index is 3650. The summed E-state index contributed by atoms with van der Waals surface area (Å²) >= 11 is 0. The van der Waals surface area contributed by atoms with Crippen LogP contribution in [0.4, 0.5) is 62.6 Å². The zero-order chi connectivity index (χ0) is 52.6. The van der Waals surface area contributed by atoms with Crippen LogP contribution in [0.25, 0.3) is 11.1 Å². The number of hydrogen-bond acceptors (Lipinski definition) is 4. The van der Waals surface area contributed by atoms with Gasteiger partial charge in [0.25, 0.3) is 0 Å². The average Bonchev–Trinajstić information content (AvgIpc) is 3.61. The third-order valence-electron chi connectivity index (χ3n) is 14.9. The van der Waals surface area contributed by atoms with E-state index in [1.165, 1.54) is 33.4 Å². The van der Waals surface area contributed by atoms with Crippen LogP contribution in [0.2, 0.25) is 0 Å². The van der Waals surface area contributed by atoms with Crippen LogP contribution in [0.15, 0.2) is 321 Å². The lowest BCUT2D eigenvalue weighted by molar-refractivity contribution is 0.718. The second kappa shape index (κ2) is 22.5. The van der Waals surface area contributed by atoms with Crippen molar-refractivity contribution in [1.29, 1.82) is 0 Å². The largest absolute Gasteiger partial charge is 0.311 e. The first kappa shape index (κ1) is 49.0. The van der Waals surface area contributed by atoms with Crippen LogP contribution in [0.3, 0.4) is 0 Å². The first-order valence-electron chi connectivity index (χ1n) is 26.9. The SMILES string of the molecule is Cc1cc(N(c2ccccc2)c2ccccc2)ccc1-c1ccc(N(c2ccccc2)c2ccccc2)cc1C1C=C(N(c2ccccc2)c2ccccc2)C=CC1c1ccc(N(c2ccccc2)c2ccccc2)cc1C. The number of aryl methyl sites for hydroxylation is 2. The third-order valence-corrected chi connectivity index (χ3v) is 14.9. The van der Waals surface area contributed by atoms with Gasteiger partial charge in [0.05, 0.1) is 0 Å². The fourth-order valence-corrected chi connectivity index (χ4v) is 11.3. The van der Waals surface area contributed by atoms with Gasteiger partial charge in [0.1, 0.15) is 0 Å². The fourth-order valence-electron chi connectivity index (χ4n) is 11.3.